The molecule has 0 aliphatic rings. The van der Waals surface area contributed by atoms with Gasteiger partial charge in [0, 0.05) is 16.9 Å². The average molecular weight is 292 g/mol. The van der Waals surface area contributed by atoms with Crippen molar-refractivity contribution in [2.75, 3.05) is 11.1 Å². The van der Waals surface area contributed by atoms with Gasteiger partial charge in [0.2, 0.25) is 0 Å². The molecule has 110 valence electrons. The minimum Gasteiger partial charge on any atom is -0.399 e. The van der Waals surface area contributed by atoms with E-state index in [1.165, 1.54) is 0 Å². The number of rotatable bonds is 2. The molecule has 0 atom stereocenters. The fraction of sp³-hybridized carbons (Fsp3) is 0.118. The van der Waals surface area contributed by atoms with Gasteiger partial charge in [-0.05, 0) is 56.3 Å². The van der Waals surface area contributed by atoms with Crippen molar-refractivity contribution >= 4 is 28.3 Å². The molecule has 0 aliphatic heterocycles. The van der Waals surface area contributed by atoms with Gasteiger partial charge in [-0.2, -0.15) is 0 Å². The van der Waals surface area contributed by atoms with E-state index in [1.54, 1.807) is 36.4 Å². The zero-order chi connectivity index (χ0) is 15.7. The lowest BCUT2D eigenvalue weighted by atomic mass is 10.1. The standard InChI is InChI=1S/C17H16N4O/c1-10-11(2)20-16-9-12(3-8-15(16)19-10)17(22)21-14-6-4-13(18)5-7-14/h3-9H,18H2,1-2H3,(H,21,22). The highest BCUT2D eigenvalue weighted by Crippen LogP contribution is 2.16. The molecule has 0 spiro atoms. The first-order valence-corrected chi connectivity index (χ1v) is 6.95. The Balaban J connectivity index is 1.90. The van der Waals surface area contributed by atoms with Crippen LogP contribution in [0, 0.1) is 13.8 Å². The van der Waals surface area contributed by atoms with E-state index in [4.69, 9.17) is 5.73 Å². The molecule has 1 amide bonds. The molecule has 2 aromatic carbocycles. The molecule has 0 saturated carbocycles. The van der Waals surface area contributed by atoms with Gasteiger partial charge < -0.3 is 11.1 Å². The zero-order valence-electron chi connectivity index (χ0n) is 12.4. The molecule has 22 heavy (non-hydrogen) atoms. The second-order valence-corrected chi connectivity index (χ2v) is 5.17. The van der Waals surface area contributed by atoms with Gasteiger partial charge in [0.15, 0.2) is 0 Å². The summed E-state index contributed by atoms with van der Waals surface area (Å²) in [5.74, 6) is -0.188. The summed E-state index contributed by atoms with van der Waals surface area (Å²) in [6.07, 6.45) is 0. The van der Waals surface area contributed by atoms with Crippen LogP contribution in [0.25, 0.3) is 11.0 Å². The van der Waals surface area contributed by atoms with E-state index in [0.29, 0.717) is 22.5 Å². The fourth-order valence-electron chi connectivity index (χ4n) is 2.14. The van der Waals surface area contributed by atoms with Crippen molar-refractivity contribution < 1.29 is 4.79 Å². The number of nitrogen functional groups attached to an aromatic ring is 1. The van der Waals surface area contributed by atoms with Gasteiger partial charge in [-0.1, -0.05) is 0 Å². The van der Waals surface area contributed by atoms with E-state index in [9.17, 15) is 4.79 Å². The van der Waals surface area contributed by atoms with Gasteiger partial charge in [-0.25, -0.2) is 9.97 Å². The lowest BCUT2D eigenvalue weighted by molar-refractivity contribution is 0.102. The summed E-state index contributed by atoms with van der Waals surface area (Å²) >= 11 is 0. The smallest absolute Gasteiger partial charge is 0.255 e. The Morgan fingerprint density at radius 1 is 0.955 bits per heavy atom. The monoisotopic (exact) mass is 292 g/mol. The number of carbonyl (C=O) groups is 1. The largest absolute Gasteiger partial charge is 0.399 e. The topological polar surface area (TPSA) is 80.9 Å². The van der Waals surface area contributed by atoms with Crippen molar-refractivity contribution in [2.45, 2.75) is 13.8 Å². The number of anilines is 2. The maximum absolute atomic E-state index is 12.3. The van der Waals surface area contributed by atoms with Crippen LogP contribution in [0.15, 0.2) is 42.5 Å². The molecule has 1 heterocycles. The van der Waals surface area contributed by atoms with Crippen LogP contribution in [0.1, 0.15) is 21.7 Å². The van der Waals surface area contributed by atoms with Crippen LogP contribution in [0.4, 0.5) is 11.4 Å². The number of aromatic nitrogens is 2. The van der Waals surface area contributed by atoms with Crippen molar-refractivity contribution in [3.63, 3.8) is 0 Å². The number of benzene rings is 2. The van der Waals surface area contributed by atoms with E-state index in [2.05, 4.69) is 15.3 Å². The van der Waals surface area contributed by atoms with Crippen LogP contribution in [0.5, 0.6) is 0 Å². The average Bonchev–Trinajstić information content (AvgIpc) is 2.50. The van der Waals surface area contributed by atoms with E-state index in [1.807, 2.05) is 19.9 Å². The number of nitrogens with one attached hydrogen (secondary N) is 1. The number of nitrogens with two attached hydrogens (primary N) is 1. The maximum atomic E-state index is 12.3. The Morgan fingerprint density at radius 2 is 1.59 bits per heavy atom. The lowest BCUT2D eigenvalue weighted by Crippen LogP contribution is -2.12. The summed E-state index contributed by atoms with van der Waals surface area (Å²) in [5.41, 5.74) is 10.8. The lowest BCUT2D eigenvalue weighted by Gasteiger charge is -2.07. The summed E-state index contributed by atoms with van der Waals surface area (Å²) in [6, 6.07) is 12.3. The number of carbonyl (C=O) groups excluding carboxylic acids is 1. The molecule has 1 aromatic heterocycles. The number of hydrogen-bond donors (Lipinski definition) is 2. The van der Waals surface area contributed by atoms with Crippen molar-refractivity contribution in [3.05, 3.63) is 59.4 Å². The normalized spacial score (nSPS) is 10.6. The predicted octanol–water partition coefficient (Wildman–Crippen LogP) is 3.08. The maximum Gasteiger partial charge on any atom is 0.255 e. The SMILES string of the molecule is Cc1nc2ccc(C(=O)Nc3ccc(N)cc3)cc2nc1C. The van der Waals surface area contributed by atoms with E-state index in [0.717, 1.165) is 16.9 Å². The molecule has 0 bridgehead atoms. The third-order valence-corrected chi connectivity index (χ3v) is 3.51. The number of nitrogens with zero attached hydrogens (tertiary/aromatic N) is 2. The van der Waals surface area contributed by atoms with Crippen LogP contribution in [0.3, 0.4) is 0 Å². The number of hydrogen-bond acceptors (Lipinski definition) is 4. The minimum absolute atomic E-state index is 0.188. The van der Waals surface area contributed by atoms with E-state index in [-0.39, 0.29) is 5.91 Å². The van der Waals surface area contributed by atoms with Crippen molar-refractivity contribution in [1.82, 2.24) is 9.97 Å². The Hall–Kier alpha value is -2.95. The number of amides is 1. The number of fused-ring (bicyclic) bond motifs is 1. The highest BCUT2D eigenvalue weighted by atomic mass is 16.1. The molecule has 3 N–H and O–H groups in total. The first-order valence-electron chi connectivity index (χ1n) is 6.95. The molecule has 5 nitrogen and oxygen atoms in total. The van der Waals surface area contributed by atoms with Crippen molar-refractivity contribution in [2.24, 2.45) is 0 Å². The molecule has 0 aliphatic carbocycles. The molecule has 3 aromatic rings. The second-order valence-electron chi connectivity index (χ2n) is 5.17. The predicted molar refractivity (Wildman–Crippen MR) is 87.8 cm³/mol. The van der Waals surface area contributed by atoms with Crippen molar-refractivity contribution in [1.29, 1.82) is 0 Å². The van der Waals surface area contributed by atoms with Gasteiger partial charge in [-0.3, -0.25) is 4.79 Å². The van der Waals surface area contributed by atoms with Gasteiger partial charge in [0.25, 0.3) is 5.91 Å². The summed E-state index contributed by atoms with van der Waals surface area (Å²) < 4.78 is 0. The molecular weight excluding hydrogens is 276 g/mol. The summed E-state index contributed by atoms with van der Waals surface area (Å²) in [4.78, 5) is 21.2. The molecule has 5 heteroatoms. The molecule has 3 rings (SSSR count). The zero-order valence-corrected chi connectivity index (χ0v) is 12.4. The van der Waals surface area contributed by atoms with Crippen LogP contribution < -0.4 is 11.1 Å². The minimum atomic E-state index is -0.188. The molecular formula is C17H16N4O. The fourth-order valence-corrected chi connectivity index (χ4v) is 2.14. The first kappa shape index (κ1) is 14.0. The van der Waals surface area contributed by atoms with E-state index >= 15 is 0 Å². The van der Waals surface area contributed by atoms with Crippen molar-refractivity contribution in [3.8, 4) is 0 Å². The Morgan fingerprint density at radius 3 is 2.27 bits per heavy atom. The third kappa shape index (κ3) is 2.74. The highest BCUT2D eigenvalue weighted by molar-refractivity contribution is 6.05. The number of aryl methyl sites for hydroxylation is 2. The van der Waals surface area contributed by atoms with Crippen LogP contribution in [-0.4, -0.2) is 15.9 Å². The molecule has 0 unspecified atom stereocenters. The van der Waals surface area contributed by atoms with Crippen LogP contribution >= 0.6 is 0 Å². The molecule has 0 fully saturated rings. The summed E-state index contributed by atoms with van der Waals surface area (Å²) in [6.45, 7) is 3.83. The Bertz CT molecular complexity index is 856. The highest BCUT2D eigenvalue weighted by Gasteiger charge is 2.09. The van der Waals surface area contributed by atoms with Crippen LogP contribution in [-0.2, 0) is 0 Å². The first-order chi connectivity index (χ1) is 10.5. The van der Waals surface area contributed by atoms with Gasteiger partial charge in [0.05, 0.1) is 22.4 Å². The van der Waals surface area contributed by atoms with Gasteiger partial charge in [0.1, 0.15) is 0 Å². The molecule has 0 saturated heterocycles. The second kappa shape index (κ2) is 5.44. The van der Waals surface area contributed by atoms with Gasteiger partial charge in [-0.15, -0.1) is 0 Å². The quantitative estimate of drug-likeness (QED) is 0.711. The van der Waals surface area contributed by atoms with Gasteiger partial charge >= 0.3 is 0 Å². The van der Waals surface area contributed by atoms with E-state index < -0.39 is 0 Å². The Labute approximate surface area is 128 Å². The van der Waals surface area contributed by atoms with Crippen LogP contribution in [0.2, 0.25) is 0 Å². The molecule has 0 radical (unpaired) electrons. The third-order valence-electron chi connectivity index (χ3n) is 3.51. The summed E-state index contributed by atoms with van der Waals surface area (Å²) in [5, 5.41) is 2.83. The Kier molecular flexibility index (Phi) is 3.47. The summed E-state index contributed by atoms with van der Waals surface area (Å²) in [7, 11) is 0.